The molecule has 0 aliphatic carbocycles. The maximum Gasteiger partial charge on any atom is 0.155 e. The lowest BCUT2D eigenvalue weighted by atomic mass is 10.3. The molecule has 2 N–H and O–H groups in total. The highest BCUT2D eigenvalue weighted by atomic mass is 31.1. The molecule has 0 aromatic carbocycles. The molecule has 0 aromatic heterocycles. The number of nitrogens with two attached hydrogens (primary N) is 1. The summed E-state index contributed by atoms with van der Waals surface area (Å²) in [6, 6.07) is 1.98. The van der Waals surface area contributed by atoms with Crippen LogP contribution in [0.5, 0.6) is 0 Å². The second kappa shape index (κ2) is 8.89. The predicted octanol–water partition coefficient (Wildman–Crippen LogP) is 1.18. The van der Waals surface area contributed by atoms with Crippen molar-refractivity contribution in [2.45, 2.75) is 25.9 Å². The summed E-state index contributed by atoms with van der Waals surface area (Å²) in [4.78, 5) is 0. The van der Waals surface area contributed by atoms with Gasteiger partial charge in [0.2, 0.25) is 0 Å². The van der Waals surface area contributed by atoms with Crippen LogP contribution in [0.15, 0.2) is 0 Å². The quantitative estimate of drug-likeness (QED) is 0.483. The molecule has 0 spiro atoms. The summed E-state index contributed by atoms with van der Waals surface area (Å²) >= 11 is 0. The minimum absolute atomic E-state index is 0.00491. The van der Waals surface area contributed by atoms with E-state index >= 15 is 0 Å². The fourth-order valence-electron chi connectivity index (χ4n) is 0.539. The van der Waals surface area contributed by atoms with Crippen molar-refractivity contribution >= 4 is 9.03 Å². The third-order valence-corrected chi connectivity index (χ3v) is 2.06. The topological polar surface area (TPSA) is 68.3 Å². The van der Waals surface area contributed by atoms with Gasteiger partial charge in [0.15, 0.2) is 9.03 Å². The van der Waals surface area contributed by atoms with Crippen molar-refractivity contribution in [1.29, 1.82) is 5.26 Å². The zero-order valence-electron chi connectivity index (χ0n) is 7.25. The Morgan fingerprint density at radius 3 is 2.92 bits per heavy atom. The molecule has 2 unspecified atom stereocenters. The summed E-state index contributed by atoms with van der Waals surface area (Å²) in [5.41, 5.74) is 5.40. The standard InChI is InChI=1S/C7H15N2O2P/c1-2-7(6-9)11-12-10-5-3-4-8/h7,12H,2-3,5-6,9H2,1H3. The van der Waals surface area contributed by atoms with Gasteiger partial charge >= 0.3 is 0 Å². The fraction of sp³-hybridized carbons (Fsp3) is 0.857. The van der Waals surface area contributed by atoms with Gasteiger partial charge in [-0.15, -0.1) is 0 Å². The Kier molecular flexibility index (Phi) is 8.74. The van der Waals surface area contributed by atoms with E-state index in [4.69, 9.17) is 20.0 Å². The van der Waals surface area contributed by atoms with Gasteiger partial charge in [-0.1, -0.05) is 6.92 Å². The molecule has 0 saturated carbocycles. The molecular weight excluding hydrogens is 175 g/mol. The second-order valence-corrected chi connectivity index (χ2v) is 2.91. The van der Waals surface area contributed by atoms with Crippen molar-refractivity contribution in [2.75, 3.05) is 13.2 Å². The fourth-order valence-corrected chi connectivity index (χ4v) is 1.19. The van der Waals surface area contributed by atoms with Gasteiger partial charge in [0.25, 0.3) is 0 Å². The van der Waals surface area contributed by atoms with Crippen LogP contribution in [0.2, 0.25) is 0 Å². The molecule has 70 valence electrons. The third kappa shape index (κ3) is 6.51. The average molecular weight is 190 g/mol. The van der Waals surface area contributed by atoms with Crippen LogP contribution < -0.4 is 5.73 Å². The summed E-state index contributed by atoms with van der Waals surface area (Å²) in [5, 5.41) is 8.18. The number of nitrogens with zero attached hydrogens (tertiary/aromatic N) is 1. The first-order valence-electron chi connectivity index (χ1n) is 3.94. The molecule has 0 fully saturated rings. The summed E-state index contributed by atoms with van der Waals surface area (Å²) in [5.74, 6) is 0. The molecule has 0 aliphatic rings. The monoisotopic (exact) mass is 190 g/mol. The van der Waals surface area contributed by atoms with Crippen molar-refractivity contribution in [3.63, 3.8) is 0 Å². The Hall–Kier alpha value is -0.200. The molecule has 0 amide bonds. The van der Waals surface area contributed by atoms with E-state index in [0.717, 1.165) is 6.42 Å². The molecule has 0 radical (unpaired) electrons. The molecule has 0 aliphatic heterocycles. The van der Waals surface area contributed by atoms with Crippen molar-refractivity contribution in [1.82, 2.24) is 0 Å². The van der Waals surface area contributed by atoms with E-state index in [0.29, 0.717) is 19.6 Å². The van der Waals surface area contributed by atoms with E-state index in [1.165, 1.54) is 0 Å². The van der Waals surface area contributed by atoms with Gasteiger partial charge in [-0.05, 0) is 6.42 Å². The maximum atomic E-state index is 8.18. The SMILES string of the molecule is CCC(CN)OPOCCC#N. The second-order valence-electron chi connectivity index (χ2n) is 2.22. The van der Waals surface area contributed by atoms with E-state index in [1.807, 2.05) is 13.0 Å². The van der Waals surface area contributed by atoms with Gasteiger partial charge in [0.05, 0.1) is 25.2 Å². The van der Waals surface area contributed by atoms with E-state index in [1.54, 1.807) is 0 Å². The summed E-state index contributed by atoms with van der Waals surface area (Å²) in [6.07, 6.45) is 1.39. The molecule has 0 saturated heterocycles. The van der Waals surface area contributed by atoms with Gasteiger partial charge in [-0.2, -0.15) is 5.26 Å². The van der Waals surface area contributed by atoms with E-state index in [2.05, 4.69) is 0 Å². The largest absolute Gasteiger partial charge is 0.335 e. The lowest BCUT2D eigenvalue weighted by molar-refractivity contribution is 0.195. The highest BCUT2D eigenvalue weighted by molar-refractivity contribution is 7.26. The van der Waals surface area contributed by atoms with Crippen molar-refractivity contribution in [2.24, 2.45) is 5.73 Å². The van der Waals surface area contributed by atoms with Gasteiger partial charge in [-0.3, -0.25) is 0 Å². The predicted molar refractivity (Wildman–Crippen MR) is 48.7 cm³/mol. The van der Waals surface area contributed by atoms with Gasteiger partial charge < -0.3 is 14.8 Å². The first kappa shape index (κ1) is 11.8. The Morgan fingerprint density at radius 1 is 1.67 bits per heavy atom. The first-order valence-corrected chi connectivity index (χ1v) is 4.76. The zero-order chi connectivity index (χ0) is 9.23. The number of rotatable bonds is 7. The molecule has 2 atom stereocenters. The summed E-state index contributed by atoms with van der Waals surface area (Å²) in [7, 11) is 0.00491. The van der Waals surface area contributed by atoms with Crippen LogP contribution in [0.3, 0.4) is 0 Å². The van der Waals surface area contributed by atoms with Crippen LogP contribution in [-0.2, 0) is 9.05 Å². The van der Waals surface area contributed by atoms with E-state index in [-0.39, 0.29) is 15.1 Å². The van der Waals surface area contributed by atoms with Crippen molar-refractivity contribution in [3.8, 4) is 6.07 Å². The molecule has 12 heavy (non-hydrogen) atoms. The molecule has 4 nitrogen and oxygen atoms in total. The molecular formula is C7H15N2O2P. The molecule has 0 rings (SSSR count). The van der Waals surface area contributed by atoms with Gasteiger partial charge in [0.1, 0.15) is 0 Å². The lowest BCUT2D eigenvalue weighted by Crippen LogP contribution is -2.19. The Labute approximate surface area is 75.0 Å². The average Bonchev–Trinajstić information content (AvgIpc) is 2.11. The maximum absolute atomic E-state index is 8.18. The minimum atomic E-state index is 0.00491. The smallest absolute Gasteiger partial charge is 0.155 e. The summed E-state index contributed by atoms with van der Waals surface area (Å²) in [6.45, 7) is 2.97. The van der Waals surface area contributed by atoms with Crippen molar-refractivity contribution in [3.05, 3.63) is 0 Å². The van der Waals surface area contributed by atoms with Crippen LogP contribution in [0, 0.1) is 11.3 Å². The highest BCUT2D eigenvalue weighted by Gasteiger charge is 2.02. The van der Waals surface area contributed by atoms with Crippen molar-refractivity contribution < 1.29 is 9.05 Å². The summed E-state index contributed by atoms with van der Waals surface area (Å²) < 4.78 is 10.3. The van der Waals surface area contributed by atoms with Crippen LogP contribution in [0.25, 0.3) is 0 Å². The Bertz CT molecular complexity index is 134. The highest BCUT2D eigenvalue weighted by Crippen LogP contribution is 2.17. The normalized spacial score (nSPS) is 13.4. The van der Waals surface area contributed by atoms with Crippen LogP contribution in [-0.4, -0.2) is 19.3 Å². The number of nitriles is 1. The van der Waals surface area contributed by atoms with Gasteiger partial charge in [0, 0.05) is 6.54 Å². The molecule has 5 heteroatoms. The van der Waals surface area contributed by atoms with E-state index < -0.39 is 0 Å². The Morgan fingerprint density at radius 2 is 2.42 bits per heavy atom. The number of hydrogen-bond donors (Lipinski definition) is 1. The molecule has 0 bridgehead atoms. The van der Waals surface area contributed by atoms with Gasteiger partial charge in [-0.25, -0.2) is 0 Å². The third-order valence-electron chi connectivity index (χ3n) is 1.31. The molecule has 0 heterocycles. The minimum Gasteiger partial charge on any atom is -0.335 e. The molecule has 0 aromatic rings. The number of hydrogen-bond acceptors (Lipinski definition) is 4. The Balaban J connectivity index is 3.13. The zero-order valence-corrected chi connectivity index (χ0v) is 8.25. The van der Waals surface area contributed by atoms with Crippen LogP contribution in [0.4, 0.5) is 0 Å². The first-order chi connectivity index (χ1) is 5.85. The lowest BCUT2D eigenvalue weighted by Gasteiger charge is -2.12. The van der Waals surface area contributed by atoms with Crippen LogP contribution in [0.1, 0.15) is 19.8 Å². The van der Waals surface area contributed by atoms with Crippen LogP contribution >= 0.6 is 9.03 Å². The van der Waals surface area contributed by atoms with E-state index in [9.17, 15) is 0 Å².